The van der Waals surface area contributed by atoms with Gasteiger partial charge < -0.3 is 15.4 Å². The Morgan fingerprint density at radius 2 is 1.88 bits per heavy atom. The van der Waals surface area contributed by atoms with E-state index < -0.39 is 10.0 Å². The summed E-state index contributed by atoms with van der Waals surface area (Å²) in [6, 6.07) is 13.3. The van der Waals surface area contributed by atoms with Gasteiger partial charge in [-0.25, -0.2) is 17.9 Å². The minimum atomic E-state index is -3.56. The van der Waals surface area contributed by atoms with Crippen LogP contribution in [0.4, 0.5) is 10.5 Å². The lowest BCUT2D eigenvalue weighted by atomic mass is 10.2. The predicted molar refractivity (Wildman–Crippen MR) is 123 cm³/mol. The third-order valence-electron chi connectivity index (χ3n) is 5.02. The molecule has 0 saturated carbocycles. The van der Waals surface area contributed by atoms with Crippen molar-refractivity contribution >= 4 is 33.3 Å². The van der Waals surface area contributed by atoms with E-state index in [1.165, 1.54) is 8.99 Å². The van der Waals surface area contributed by atoms with Gasteiger partial charge in [-0.05, 0) is 42.0 Å². The number of hydrogen-bond acceptors (Lipinski definition) is 6. The van der Waals surface area contributed by atoms with Gasteiger partial charge in [0.2, 0.25) is 10.0 Å². The van der Waals surface area contributed by atoms with Crippen molar-refractivity contribution in [1.82, 2.24) is 24.6 Å². The van der Waals surface area contributed by atoms with Crippen LogP contribution in [0, 0.1) is 0 Å². The van der Waals surface area contributed by atoms with Gasteiger partial charge >= 0.3 is 6.03 Å². The van der Waals surface area contributed by atoms with E-state index in [0.29, 0.717) is 49.3 Å². The lowest BCUT2D eigenvalue weighted by Gasteiger charge is -2.26. The molecule has 4 rings (SSSR count). The molecule has 1 aromatic heterocycles. The zero-order chi connectivity index (χ0) is 23.3. The van der Waals surface area contributed by atoms with E-state index in [2.05, 4.69) is 20.9 Å². The molecule has 10 nitrogen and oxygen atoms in total. The first-order chi connectivity index (χ1) is 16.0. The average Bonchev–Trinajstić information content (AvgIpc) is 3.33. The zero-order valence-electron chi connectivity index (χ0n) is 17.6. The van der Waals surface area contributed by atoms with Crippen LogP contribution in [-0.4, -0.2) is 60.1 Å². The van der Waals surface area contributed by atoms with Crippen LogP contribution >= 0.6 is 11.6 Å². The Hall–Kier alpha value is -2.99. The molecule has 0 bridgehead atoms. The molecule has 0 spiro atoms. The van der Waals surface area contributed by atoms with E-state index in [1.807, 2.05) is 12.1 Å². The van der Waals surface area contributed by atoms with Gasteiger partial charge in [-0.2, -0.15) is 4.31 Å². The molecule has 12 heteroatoms. The third kappa shape index (κ3) is 5.69. The van der Waals surface area contributed by atoms with Crippen molar-refractivity contribution in [1.29, 1.82) is 0 Å². The Bertz CT molecular complexity index is 1210. The fourth-order valence-electron chi connectivity index (χ4n) is 3.29. The Kier molecular flexibility index (Phi) is 7.23. The number of carbonyl (C=O) groups excluding carboxylic acids is 1. The zero-order valence-corrected chi connectivity index (χ0v) is 19.2. The quantitative estimate of drug-likeness (QED) is 0.491. The number of nitrogens with zero attached hydrogens (tertiary/aromatic N) is 4. The molecule has 1 saturated heterocycles. The first-order valence-corrected chi connectivity index (χ1v) is 12.2. The van der Waals surface area contributed by atoms with Crippen LogP contribution in [0.5, 0.6) is 0 Å². The standard InChI is InChI=1S/C21H23ClN6O4S/c22-13-16-2-1-3-17(12-16)24-21(29)23-14-18-15-28(26-25-18)19-4-6-20(7-5-19)33(30,31)27-8-10-32-11-9-27/h1-7,12,15H,8-11,13-14H2,(H2,23,24,29). The van der Waals surface area contributed by atoms with E-state index in [4.69, 9.17) is 16.3 Å². The van der Waals surface area contributed by atoms with Crippen molar-refractivity contribution < 1.29 is 17.9 Å². The number of anilines is 1. The van der Waals surface area contributed by atoms with Gasteiger partial charge in [-0.1, -0.05) is 17.3 Å². The second-order valence-electron chi connectivity index (χ2n) is 7.31. The molecule has 2 aromatic carbocycles. The largest absolute Gasteiger partial charge is 0.379 e. The van der Waals surface area contributed by atoms with Crippen molar-refractivity contribution in [2.45, 2.75) is 17.3 Å². The highest BCUT2D eigenvalue weighted by atomic mass is 35.5. The third-order valence-corrected chi connectivity index (χ3v) is 7.24. The van der Waals surface area contributed by atoms with Crippen LogP contribution in [0.25, 0.3) is 5.69 Å². The Balaban J connectivity index is 1.35. The molecule has 2 N–H and O–H groups in total. The van der Waals surface area contributed by atoms with Crippen LogP contribution in [0.1, 0.15) is 11.3 Å². The van der Waals surface area contributed by atoms with Gasteiger partial charge in [-0.15, -0.1) is 16.7 Å². The summed E-state index contributed by atoms with van der Waals surface area (Å²) in [5, 5.41) is 13.6. The Labute approximate surface area is 196 Å². The first kappa shape index (κ1) is 23.2. The number of nitrogens with one attached hydrogen (secondary N) is 2. The SMILES string of the molecule is O=C(NCc1cn(-c2ccc(S(=O)(=O)N3CCOCC3)cc2)nn1)Nc1cccc(CCl)c1. The Morgan fingerprint density at radius 3 is 2.61 bits per heavy atom. The fraction of sp³-hybridized carbons (Fsp3) is 0.286. The summed E-state index contributed by atoms with van der Waals surface area (Å²) >= 11 is 5.81. The number of rotatable bonds is 7. The summed E-state index contributed by atoms with van der Waals surface area (Å²) < 4.78 is 33.6. The lowest BCUT2D eigenvalue weighted by molar-refractivity contribution is 0.0730. The maximum Gasteiger partial charge on any atom is 0.319 e. The van der Waals surface area contributed by atoms with E-state index >= 15 is 0 Å². The number of halogens is 1. The van der Waals surface area contributed by atoms with Crippen LogP contribution < -0.4 is 10.6 Å². The first-order valence-electron chi connectivity index (χ1n) is 10.2. The lowest BCUT2D eigenvalue weighted by Crippen LogP contribution is -2.40. The van der Waals surface area contributed by atoms with Gasteiger partial charge in [-0.3, -0.25) is 0 Å². The average molecular weight is 491 g/mol. The molecule has 33 heavy (non-hydrogen) atoms. The molecule has 0 unspecified atom stereocenters. The molecule has 2 amide bonds. The number of benzene rings is 2. The van der Waals surface area contributed by atoms with E-state index in [9.17, 15) is 13.2 Å². The minimum absolute atomic E-state index is 0.171. The minimum Gasteiger partial charge on any atom is -0.379 e. The fourth-order valence-corrected chi connectivity index (χ4v) is 4.86. The van der Waals surface area contributed by atoms with E-state index in [0.717, 1.165) is 5.56 Å². The molecule has 174 valence electrons. The molecule has 1 aliphatic rings. The number of amides is 2. The van der Waals surface area contributed by atoms with E-state index in [1.54, 1.807) is 42.6 Å². The molecule has 2 heterocycles. The highest BCUT2D eigenvalue weighted by molar-refractivity contribution is 7.89. The van der Waals surface area contributed by atoms with Gasteiger partial charge in [0.25, 0.3) is 0 Å². The molecule has 0 radical (unpaired) electrons. The summed E-state index contributed by atoms with van der Waals surface area (Å²) in [6.45, 7) is 1.64. The highest BCUT2D eigenvalue weighted by Crippen LogP contribution is 2.19. The number of aromatic nitrogens is 3. The predicted octanol–water partition coefficient (Wildman–Crippen LogP) is 2.35. The molecule has 1 fully saturated rings. The van der Waals surface area contributed by atoms with Gasteiger partial charge in [0.05, 0.1) is 36.5 Å². The second kappa shape index (κ2) is 10.3. The number of ether oxygens (including phenoxy) is 1. The van der Waals surface area contributed by atoms with Crippen LogP contribution in [0.15, 0.2) is 59.6 Å². The molecular formula is C21H23ClN6O4S. The second-order valence-corrected chi connectivity index (χ2v) is 9.51. The molecule has 0 aliphatic carbocycles. The number of urea groups is 1. The summed E-state index contributed by atoms with van der Waals surface area (Å²) in [6.07, 6.45) is 1.67. The maximum atomic E-state index is 12.7. The van der Waals surface area contributed by atoms with E-state index in [-0.39, 0.29) is 17.5 Å². The van der Waals surface area contributed by atoms with Crippen LogP contribution in [-0.2, 0) is 27.2 Å². The summed E-state index contributed by atoms with van der Waals surface area (Å²) in [7, 11) is -3.56. The van der Waals surface area contributed by atoms with Gasteiger partial charge in [0.1, 0.15) is 5.69 Å². The molecule has 1 aliphatic heterocycles. The monoisotopic (exact) mass is 490 g/mol. The summed E-state index contributed by atoms with van der Waals surface area (Å²) in [5.74, 6) is 0.361. The number of hydrogen-bond donors (Lipinski definition) is 2. The Morgan fingerprint density at radius 1 is 1.12 bits per heavy atom. The maximum absolute atomic E-state index is 12.7. The molecule has 0 atom stereocenters. The van der Waals surface area contributed by atoms with Crippen molar-refractivity contribution in [2.75, 3.05) is 31.6 Å². The van der Waals surface area contributed by atoms with Crippen LogP contribution in [0.2, 0.25) is 0 Å². The number of alkyl halides is 1. The molecule has 3 aromatic rings. The van der Waals surface area contributed by atoms with Crippen molar-refractivity contribution in [3.63, 3.8) is 0 Å². The summed E-state index contributed by atoms with van der Waals surface area (Å²) in [4.78, 5) is 12.4. The topological polar surface area (TPSA) is 118 Å². The van der Waals surface area contributed by atoms with Gasteiger partial charge in [0, 0.05) is 24.7 Å². The number of carbonyl (C=O) groups is 1. The highest BCUT2D eigenvalue weighted by Gasteiger charge is 2.26. The normalized spacial score (nSPS) is 14.7. The van der Waals surface area contributed by atoms with Crippen molar-refractivity contribution in [3.05, 3.63) is 66.0 Å². The van der Waals surface area contributed by atoms with Crippen LogP contribution in [0.3, 0.4) is 0 Å². The number of morpholine rings is 1. The van der Waals surface area contributed by atoms with Crippen molar-refractivity contribution in [2.24, 2.45) is 0 Å². The number of sulfonamides is 1. The van der Waals surface area contributed by atoms with Crippen molar-refractivity contribution in [3.8, 4) is 5.69 Å². The summed E-state index contributed by atoms with van der Waals surface area (Å²) in [5.41, 5.74) is 2.74. The smallest absolute Gasteiger partial charge is 0.319 e. The van der Waals surface area contributed by atoms with Gasteiger partial charge in [0.15, 0.2) is 0 Å². The molecular weight excluding hydrogens is 468 g/mol.